The zero-order valence-corrected chi connectivity index (χ0v) is 19.5. The largest absolute Gasteiger partial charge is 0.459 e. The first-order valence-electron chi connectivity index (χ1n) is 12.3. The second-order valence-corrected chi connectivity index (χ2v) is 9.65. The van der Waals surface area contributed by atoms with Gasteiger partial charge in [-0.05, 0) is 68.2 Å². The van der Waals surface area contributed by atoms with Gasteiger partial charge in [0.2, 0.25) is 0 Å². The van der Waals surface area contributed by atoms with E-state index in [2.05, 4.69) is 5.32 Å². The summed E-state index contributed by atoms with van der Waals surface area (Å²) in [6.45, 7) is 1.85. The molecular weight excluding hydrogens is 429 g/mol. The molecule has 1 N–H and O–H groups in total. The molecule has 1 heterocycles. The Bertz CT molecular complexity index is 1160. The molecule has 4 nitrogen and oxygen atoms in total. The summed E-state index contributed by atoms with van der Waals surface area (Å²) in [4.78, 5) is 27.0. The van der Waals surface area contributed by atoms with Gasteiger partial charge in [-0.25, -0.2) is 9.18 Å². The average Bonchev–Trinajstić information content (AvgIpc) is 2.84. The SMILES string of the molecule is CC1=C(C(=O)OC2CCCCC2)C(c2cccc(F)c2)C2=C(CC(c3ccccc3)CC2=O)N1. The van der Waals surface area contributed by atoms with E-state index in [4.69, 9.17) is 4.74 Å². The number of halogens is 1. The average molecular weight is 460 g/mol. The number of hydrogen-bond acceptors (Lipinski definition) is 4. The van der Waals surface area contributed by atoms with Crippen molar-refractivity contribution >= 4 is 11.8 Å². The van der Waals surface area contributed by atoms with Gasteiger partial charge in [0.25, 0.3) is 0 Å². The first-order chi connectivity index (χ1) is 16.5. The van der Waals surface area contributed by atoms with Crippen molar-refractivity contribution in [3.8, 4) is 0 Å². The number of ketones is 1. The minimum Gasteiger partial charge on any atom is -0.459 e. The quantitative estimate of drug-likeness (QED) is 0.565. The van der Waals surface area contributed by atoms with Crippen molar-refractivity contribution < 1.29 is 18.7 Å². The number of ether oxygens (including phenoxy) is 1. The van der Waals surface area contributed by atoms with Crippen LogP contribution in [-0.2, 0) is 14.3 Å². The van der Waals surface area contributed by atoms with Crippen molar-refractivity contribution in [2.45, 2.75) is 69.8 Å². The van der Waals surface area contributed by atoms with E-state index in [1.54, 1.807) is 12.1 Å². The number of nitrogens with one attached hydrogen (secondary N) is 1. The molecule has 34 heavy (non-hydrogen) atoms. The molecule has 2 unspecified atom stereocenters. The van der Waals surface area contributed by atoms with E-state index < -0.39 is 11.9 Å². The van der Waals surface area contributed by atoms with E-state index in [9.17, 15) is 14.0 Å². The van der Waals surface area contributed by atoms with E-state index in [-0.39, 0.29) is 23.6 Å². The molecule has 3 aliphatic rings. The second-order valence-electron chi connectivity index (χ2n) is 9.65. The number of Topliss-reactive ketones (excluding diaryl/α,β-unsaturated/α-hetero) is 1. The van der Waals surface area contributed by atoms with Crippen LogP contribution < -0.4 is 5.32 Å². The van der Waals surface area contributed by atoms with Gasteiger partial charge < -0.3 is 10.1 Å². The standard InChI is InChI=1S/C29H30FNO3/c1-18-26(29(33)34-23-13-6-3-7-14-23)27(20-11-8-12-22(30)15-20)28-24(31-18)16-21(17-25(28)32)19-9-4-2-5-10-19/h2,4-5,8-12,15,21,23,27,31H,3,6-7,13-14,16-17H2,1H3. The lowest BCUT2D eigenvalue weighted by molar-refractivity contribution is -0.146. The van der Waals surface area contributed by atoms with Crippen LogP contribution in [0.5, 0.6) is 0 Å². The fourth-order valence-electron chi connectivity index (χ4n) is 5.69. The molecule has 0 radical (unpaired) electrons. The predicted octanol–water partition coefficient (Wildman–Crippen LogP) is 6.06. The Morgan fingerprint density at radius 3 is 2.44 bits per heavy atom. The first-order valence-corrected chi connectivity index (χ1v) is 12.3. The fraction of sp³-hybridized carbons (Fsp3) is 0.379. The highest BCUT2D eigenvalue weighted by Gasteiger charge is 2.42. The molecule has 0 bridgehead atoms. The number of carbonyl (C=O) groups is 2. The van der Waals surface area contributed by atoms with Gasteiger partial charge in [0.1, 0.15) is 11.9 Å². The Balaban J connectivity index is 1.53. The summed E-state index contributed by atoms with van der Waals surface area (Å²) >= 11 is 0. The van der Waals surface area contributed by atoms with Crippen LogP contribution in [0.1, 0.15) is 74.8 Å². The molecule has 0 amide bonds. The molecule has 0 saturated heterocycles. The number of benzene rings is 2. The van der Waals surface area contributed by atoms with E-state index in [1.165, 1.54) is 12.1 Å². The molecule has 1 fully saturated rings. The van der Waals surface area contributed by atoms with Gasteiger partial charge in [0.15, 0.2) is 5.78 Å². The zero-order chi connectivity index (χ0) is 23.7. The maximum Gasteiger partial charge on any atom is 0.337 e. The van der Waals surface area contributed by atoms with E-state index in [0.29, 0.717) is 35.2 Å². The van der Waals surface area contributed by atoms with Crippen molar-refractivity contribution in [3.05, 3.63) is 94.1 Å². The summed E-state index contributed by atoms with van der Waals surface area (Å²) in [5, 5.41) is 3.37. The number of allylic oxidation sites excluding steroid dienone is 3. The van der Waals surface area contributed by atoms with Crippen LogP contribution in [0.2, 0.25) is 0 Å². The summed E-state index contributed by atoms with van der Waals surface area (Å²) < 4.78 is 20.2. The van der Waals surface area contributed by atoms with E-state index in [0.717, 1.165) is 43.4 Å². The summed E-state index contributed by atoms with van der Waals surface area (Å²) in [6.07, 6.45) is 5.92. The van der Waals surface area contributed by atoms with Crippen LogP contribution in [-0.4, -0.2) is 17.9 Å². The summed E-state index contributed by atoms with van der Waals surface area (Å²) in [6, 6.07) is 16.3. The molecule has 1 saturated carbocycles. The maximum atomic E-state index is 14.3. The van der Waals surface area contributed by atoms with Crippen molar-refractivity contribution in [3.63, 3.8) is 0 Å². The molecule has 1 aliphatic heterocycles. The highest BCUT2D eigenvalue weighted by atomic mass is 19.1. The molecule has 2 atom stereocenters. The Labute approximate surface area is 199 Å². The van der Waals surface area contributed by atoms with Gasteiger partial charge in [0.05, 0.1) is 5.57 Å². The third kappa shape index (κ3) is 4.44. The molecule has 5 rings (SSSR count). The Hall–Kier alpha value is -3.21. The third-order valence-corrected chi connectivity index (χ3v) is 7.33. The number of dihydropyridines is 1. The van der Waals surface area contributed by atoms with Crippen LogP contribution >= 0.6 is 0 Å². The first kappa shape index (κ1) is 22.6. The smallest absolute Gasteiger partial charge is 0.337 e. The Morgan fingerprint density at radius 2 is 1.71 bits per heavy atom. The molecular formula is C29H30FNO3. The zero-order valence-electron chi connectivity index (χ0n) is 19.5. The van der Waals surface area contributed by atoms with Gasteiger partial charge in [-0.3, -0.25) is 4.79 Å². The maximum absolute atomic E-state index is 14.3. The normalized spacial score (nSPS) is 23.4. The number of hydrogen-bond donors (Lipinski definition) is 1. The highest BCUT2D eigenvalue weighted by Crippen LogP contribution is 2.46. The second kappa shape index (κ2) is 9.57. The number of carbonyl (C=O) groups excluding carboxylic acids is 2. The van der Waals surface area contributed by atoms with Crippen LogP contribution in [0.3, 0.4) is 0 Å². The van der Waals surface area contributed by atoms with Crippen LogP contribution in [0.25, 0.3) is 0 Å². The van der Waals surface area contributed by atoms with Crippen LogP contribution in [0, 0.1) is 5.82 Å². The highest BCUT2D eigenvalue weighted by molar-refractivity contribution is 6.04. The summed E-state index contributed by atoms with van der Waals surface area (Å²) in [5.74, 6) is -1.37. The van der Waals surface area contributed by atoms with Gasteiger partial charge in [0, 0.05) is 29.3 Å². The van der Waals surface area contributed by atoms with Gasteiger partial charge in [-0.15, -0.1) is 0 Å². The molecule has 2 aliphatic carbocycles. The predicted molar refractivity (Wildman–Crippen MR) is 128 cm³/mol. The minimum absolute atomic E-state index is 0.00710. The van der Waals surface area contributed by atoms with Crippen molar-refractivity contribution in [1.29, 1.82) is 0 Å². The topological polar surface area (TPSA) is 55.4 Å². The van der Waals surface area contributed by atoms with Crippen LogP contribution in [0.4, 0.5) is 4.39 Å². The van der Waals surface area contributed by atoms with E-state index >= 15 is 0 Å². The lowest BCUT2D eigenvalue weighted by Gasteiger charge is -2.37. The van der Waals surface area contributed by atoms with Crippen molar-refractivity contribution in [1.82, 2.24) is 5.32 Å². The third-order valence-electron chi connectivity index (χ3n) is 7.33. The van der Waals surface area contributed by atoms with E-state index in [1.807, 2.05) is 37.3 Å². The monoisotopic (exact) mass is 459 g/mol. The number of esters is 1. The fourth-order valence-corrected chi connectivity index (χ4v) is 5.69. The summed E-state index contributed by atoms with van der Waals surface area (Å²) in [7, 11) is 0. The molecule has 176 valence electrons. The van der Waals surface area contributed by atoms with Gasteiger partial charge >= 0.3 is 5.97 Å². The molecule has 0 spiro atoms. The number of rotatable bonds is 4. The van der Waals surface area contributed by atoms with Crippen LogP contribution in [0.15, 0.2) is 77.1 Å². The molecule has 2 aromatic carbocycles. The summed E-state index contributed by atoms with van der Waals surface area (Å²) in [5.41, 5.74) is 4.22. The Morgan fingerprint density at radius 1 is 0.971 bits per heavy atom. The molecule has 2 aromatic rings. The minimum atomic E-state index is -0.632. The van der Waals surface area contributed by atoms with Crippen molar-refractivity contribution in [2.75, 3.05) is 0 Å². The van der Waals surface area contributed by atoms with Gasteiger partial charge in [-0.2, -0.15) is 0 Å². The van der Waals surface area contributed by atoms with Crippen molar-refractivity contribution in [2.24, 2.45) is 0 Å². The lowest BCUT2D eigenvalue weighted by atomic mass is 9.71. The lowest BCUT2D eigenvalue weighted by Crippen LogP contribution is -2.37. The Kier molecular flexibility index (Phi) is 6.36. The molecule has 0 aromatic heterocycles. The molecule has 5 heteroatoms. The van der Waals surface area contributed by atoms with Gasteiger partial charge in [-0.1, -0.05) is 48.9 Å².